The molecule has 2 atom stereocenters. The van der Waals surface area contributed by atoms with Crippen LogP contribution >= 0.6 is 11.8 Å². The molecule has 1 amide bonds. The number of carbonyl (C=O) groups is 2. The van der Waals surface area contributed by atoms with Crippen LogP contribution in [0.2, 0.25) is 0 Å². The van der Waals surface area contributed by atoms with Crippen molar-refractivity contribution in [2.24, 2.45) is 0 Å². The third-order valence-corrected chi connectivity index (χ3v) is 4.37. The first-order valence-corrected chi connectivity index (χ1v) is 7.95. The number of nitrogens with zero attached hydrogens (tertiary/aromatic N) is 1. The zero-order valence-corrected chi connectivity index (χ0v) is 13.9. The average molecular weight is 334 g/mol. The van der Waals surface area contributed by atoms with E-state index >= 15 is 0 Å². The molecule has 122 valence electrons. The number of hydrogen-bond donors (Lipinski definition) is 1. The van der Waals surface area contributed by atoms with E-state index in [1.165, 1.54) is 25.1 Å². The van der Waals surface area contributed by atoms with E-state index in [4.69, 9.17) is 9.26 Å². The summed E-state index contributed by atoms with van der Waals surface area (Å²) in [6.07, 6.45) is 1.46. The number of hydrogen-bond acceptors (Lipinski definition) is 6. The maximum atomic E-state index is 12.5. The molecule has 1 N–H and O–H groups in total. The van der Waals surface area contributed by atoms with Crippen LogP contribution in [-0.2, 0) is 9.53 Å². The Labute approximate surface area is 138 Å². The minimum atomic E-state index is -0.401. The molecule has 23 heavy (non-hydrogen) atoms. The van der Waals surface area contributed by atoms with E-state index in [-0.39, 0.29) is 17.9 Å². The molecule has 0 fully saturated rings. The summed E-state index contributed by atoms with van der Waals surface area (Å²) in [4.78, 5) is 24.8. The number of thioether (sulfide) groups is 1. The number of carbonyl (C=O) groups excluding carboxylic acids is 2. The summed E-state index contributed by atoms with van der Waals surface area (Å²) in [6.45, 7) is 3.56. The predicted molar refractivity (Wildman–Crippen MR) is 86.2 cm³/mol. The molecule has 2 rings (SSSR count). The molecule has 0 aliphatic carbocycles. The van der Waals surface area contributed by atoms with Gasteiger partial charge in [0.25, 0.3) is 5.91 Å². The van der Waals surface area contributed by atoms with Gasteiger partial charge in [0.05, 0.1) is 18.7 Å². The van der Waals surface area contributed by atoms with Gasteiger partial charge >= 0.3 is 5.97 Å². The molecule has 0 aliphatic rings. The number of nitrogens with one attached hydrogen (secondary N) is 1. The van der Waals surface area contributed by atoms with E-state index in [0.29, 0.717) is 11.3 Å². The highest BCUT2D eigenvalue weighted by Gasteiger charge is 2.20. The first-order valence-electron chi connectivity index (χ1n) is 7.07. The zero-order chi connectivity index (χ0) is 16.8. The number of rotatable bonds is 6. The van der Waals surface area contributed by atoms with E-state index < -0.39 is 5.25 Å². The smallest absolute Gasteiger partial charge is 0.318 e. The van der Waals surface area contributed by atoms with E-state index in [2.05, 4.69) is 10.5 Å². The fourth-order valence-corrected chi connectivity index (χ4v) is 2.97. The van der Waals surface area contributed by atoms with Gasteiger partial charge in [0.2, 0.25) is 0 Å². The highest BCUT2D eigenvalue weighted by molar-refractivity contribution is 8.00. The van der Waals surface area contributed by atoms with Crippen LogP contribution in [0.3, 0.4) is 0 Å². The van der Waals surface area contributed by atoms with Crippen molar-refractivity contribution < 1.29 is 18.8 Å². The molecular weight excluding hydrogens is 316 g/mol. The summed E-state index contributed by atoms with van der Waals surface area (Å²) in [7, 11) is 1.34. The SMILES string of the molecule is COC(=O)[C@H](C)Sc1ccccc1C(=O)N[C@@H](C)c1ccon1. The molecule has 1 aromatic carbocycles. The normalized spacial score (nSPS) is 13.2. The minimum absolute atomic E-state index is 0.235. The van der Waals surface area contributed by atoms with Crippen molar-refractivity contribution in [2.45, 2.75) is 30.0 Å². The van der Waals surface area contributed by atoms with Crippen LogP contribution in [0.4, 0.5) is 0 Å². The highest BCUT2D eigenvalue weighted by atomic mass is 32.2. The lowest BCUT2D eigenvalue weighted by Gasteiger charge is -2.15. The van der Waals surface area contributed by atoms with Gasteiger partial charge in [-0.3, -0.25) is 9.59 Å². The molecule has 2 aromatic rings. The Kier molecular flexibility index (Phi) is 5.81. The van der Waals surface area contributed by atoms with Gasteiger partial charge in [-0.2, -0.15) is 0 Å². The molecule has 0 bridgehead atoms. The summed E-state index contributed by atoms with van der Waals surface area (Å²) in [5.41, 5.74) is 1.15. The summed E-state index contributed by atoms with van der Waals surface area (Å²) >= 11 is 1.29. The summed E-state index contributed by atoms with van der Waals surface area (Å²) in [5.74, 6) is -0.568. The van der Waals surface area contributed by atoms with Gasteiger partial charge in [-0.1, -0.05) is 17.3 Å². The quantitative estimate of drug-likeness (QED) is 0.646. The Hall–Kier alpha value is -2.28. The van der Waals surface area contributed by atoms with Gasteiger partial charge in [0.1, 0.15) is 17.2 Å². The van der Waals surface area contributed by atoms with Crippen LogP contribution in [-0.4, -0.2) is 29.4 Å². The zero-order valence-electron chi connectivity index (χ0n) is 13.1. The Bertz CT molecular complexity index is 672. The fraction of sp³-hybridized carbons (Fsp3) is 0.312. The third kappa shape index (κ3) is 4.35. The van der Waals surface area contributed by atoms with Gasteiger partial charge < -0.3 is 14.6 Å². The van der Waals surface area contributed by atoms with E-state index in [0.717, 1.165) is 4.90 Å². The van der Waals surface area contributed by atoms with Crippen LogP contribution in [0.15, 0.2) is 46.0 Å². The minimum Gasteiger partial charge on any atom is -0.468 e. The average Bonchev–Trinajstić information content (AvgIpc) is 3.09. The standard InChI is InChI=1S/C16H18N2O4S/c1-10(13-8-9-22-18-13)17-15(19)12-6-4-5-7-14(12)23-11(2)16(20)21-3/h4-11H,1-3H3,(H,17,19)/t10-,11-/m0/s1. The number of aromatic nitrogens is 1. The first-order chi connectivity index (χ1) is 11.0. The molecule has 6 nitrogen and oxygen atoms in total. The molecule has 0 saturated heterocycles. The number of methoxy groups -OCH3 is 1. The van der Waals surface area contributed by atoms with E-state index in [9.17, 15) is 9.59 Å². The van der Waals surface area contributed by atoms with Gasteiger partial charge in [0, 0.05) is 11.0 Å². The Balaban J connectivity index is 2.12. The summed E-state index contributed by atoms with van der Waals surface area (Å²) < 4.78 is 9.50. The van der Waals surface area contributed by atoms with Gasteiger partial charge in [-0.15, -0.1) is 11.8 Å². The maximum absolute atomic E-state index is 12.5. The number of esters is 1. The number of benzene rings is 1. The van der Waals surface area contributed by atoms with Crippen LogP contribution in [0.25, 0.3) is 0 Å². The van der Waals surface area contributed by atoms with Crippen molar-refractivity contribution >= 4 is 23.6 Å². The molecule has 0 saturated carbocycles. The summed E-state index contributed by atoms with van der Waals surface area (Å²) in [5, 5.41) is 6.28. The highest BCUT2D eigenvalue weighted by Crippen LogP contribution is 2.27. The van der Waals surface area contributed by atoms with Crippen molar-refractivity contribution in [3.8, 4) is 0 Å². The van der Waals surface area contributed by atoms with Gasteiger partial charge in [0.15, 0.2) is 0 Å². The van der Waals surface area contributed by atoms with Gasteiger partial charge in [-0.25, -0.2) is 0 Å². The molecule has 1 heterocycles. The Morgan fingerprint density at radius 3 is 2.65 bits per heavy atom. The first kappa shape index (κ1) is 17.1. The Morgan fingerprint density at radius 1 is 1.26 bits per heavy atom. The van der Waals surface area contributed by atoms with Crippen molar-refractivity contribution in [2.75, 3.05) is 7.11 Å². The van der Waals surface area contributed by atoms with Crippen molar-refractivity contribution in [1.82, 2.24) is 10.5 Å². The molecule has 1 aromatic heterocycles. The van der Waals surface area contributed by atoms with Crippen molar-refractivity contribution in [3.63, 3.8) is 0 Å². The predicted octanol–water partition coefficient (Wildman–Crippen LogP) is 2.82. The lowest BCUT2D eigenvalue weighted by atomic mass is 10.2. The third-order valence-electron chi connectivity index (χ3n) is 3.22. The monoisotopic (exact) mass is 334 g/mol. The molecular formula is C16H18N2O4S. The lowest BCUT2D eigenvalue weighted by Crippen LogP contribution is -2.27. The van der Waals surface area contributed by atoms with Crippen LogP contribution in [0.5, 0.6) is 0 Å². The second-order valence-corrected chi connectivity index (χ2v) is 6.28. The largest absolute Gasteiger partial charge is 0.468 e. The maximum Gasteiger partial charge on any atom is 0.318 e. The van der Waals surface area contributed by atoms with E-state index in [1.807, 2.05) is 13.0 Å². The molecule has 0 unspecified atom stereocenters. The number of amides is 1. The number of ether oxygens (including phenoxy) is 1. The van der Waals surface area contributed by atoms with Crippen LogP contribution in [0.1, 0.15) is 35.9 Å². The second-order valence-electron chi connectivity index (χ2n) is 4.90. The topological polar surface area (TPSA) is 81.4 Å². The summed E-state index contributed by atoms with van der Waals surface area (Å²) in [6, 6.07) is 8.55. The molecule has 0 aliphatic heterocycles. The fourth-order valence-electron chi connectivity index (χ4n) is 1.96. The van der Waals surface area contributed by atoms with Crippen LogP contribution in [0, 0.1) is 0 Å². The molecule has 0 spiro atoms. The Morgan fingerprint density at radius 2 is 2.00 bits per heavy atom. The van der Waals surface area contributed by atoms with Crippen LogP contribution < -0.4 is 5.32 Å². The second kappa shape index (κ2) is 7.82. The van der Waals surface area contributed by atoms with Crippen molar-refractivity contribution in [1.29, 1.82) is 0 Å². The van der Waals surface area contributed by atoms with Crippen molar-refractivity contribution in [3.05, 3.63) is 47.9 Å². The molecule has 0 radical (unpaired) electrons. The molecule has 7 heteroatoms. The lowest BCUT2D eigenvalue weighted by molar-refractivity contribution is -0.139. The van der Waals surface area contributed by atoms with E-state index in [1.54, 1.807) is 31.2 Å². The van der Waals surface area contributed by atoms with Gasteiger partial charge in [-0.05, 0) is 26.0 Å².